The van der Waals surface area contributed by atoms with E-state index < -0.39 is 0 Å². The zero-order valence-electron chi connectivity index (χ0n) is 10.1. The van der Waals surface area contributed by atoms with E-state index in [1.165, 1.54) is 0 Å². The number of pyridine rings is 1. The van der Waals surface area contributed by atoms with Gasteiger partial charge in [0.05, 0.1) is 11.9 Å². The van der Waals surface area contributed by atoms with Gasteiger partial charge in [0.15, 0.2) is 0 Å². The van der Waals surface area contributed by atoms with Crippen molar-refractivity contribution >= 4 is 0 Å². The summed E-state index contributed by atoms with van der Waals surface area (Å²) >= 11 is 0. The summed E-state index contributed by atoms with van der Waals surface area (Å²) in [6.45, 7) is 4.69. The highest BCUT2D eigenvalue weighted by atomic mass is 16.1. The predicted octanol–water partition coefficient (Wildman–Crippen LogP) is 1.89. The summed E-state index contributed by atoms with van der Waals surface area (Å²) in [6, 6.07) is 3.42. The van der Waals surface area contributed by atoms with Crippen molar-refractivity contribution in [2.24, 2.45) is 0 Å². The van der Waals surface area contributed by atoms with Gasteiger partial charge in [0.25, 0.3) is 5.56 Å². The van der Waals surface area contributed by atoms with Gasteiger partial charge in [0.1, 0.15) is 0 Å². The fraction of sp³-hybridized carbons (Fsp3) is 0.308. The average Bonchev–Trinajstić information content (AvgIpc) is 2.39. The minimum absolute atomic E-state index is 0.0389. The Labute approximate surface area is 100.0 Å². The van der Waals surface area contributed by atoms with Crippen molar-refractivity contribution in [3.8, 4) is 11.3 Å². The van der Waals surface area contributed by atoms with Crippen LogP contribution in [0.1, 0.15) is 19.5 Å². The van der Waals surface area contributed by atoms with Crippen LogP contribution in [0.3, 0.4) is 0 Å². The molecule has 88 valence electrons. The molecule has 0 aromatic carbocycles. The van der Waals surface area contributed by atoms with Crippen molar-refractivity contribution in [1.29, 1.82) is 0 Å². The topological polar surface area (TPSA) is 47.8 Å². The molecule has 2 rings (SSSR count). The van der Waals surface area contributed by atoms with E-state index in [9.17, 15) is 4.79 Å². The van der Waals surface area contributed by atoms with Crippen LogP contribution in [-0.2, 0) is 13.0 Å². The highest BCUT2D eigenvalue weighted by Crippen LogP contribution is 2.19. The summed E-state index contributed by atoms with van der Waals surface area (Å²) in [4.78, 5) is 20.1. The lowest BCUT2D eigenvalue weighted by atomic mass is 10.1. The molecule has 0 N–H and O–H groups in total. The van der Waals surface area contributed by atoms with Gasteiger partial charge in [-0.3, -0.25) is 14.8 Å². The molecule has 0 aliphatic heterocycles. The number of hydrogen-bond acceptors (Lipinski definition) is 3. The zero-order valence-corrected chi connectivity index (χ0v) is 10.1. The van der Waals surface area contributed by atoms with Crippen molar-refractivity contribution in [2.45, 2.75) is 26.8 Å². The van der Waals surface area contributed by atoms with Gasteiger partial charge in [-0.15, -0.1) is 0 Å². The lowest BCUT2D eigenvalue weighted by molar-refractivity contribution is 0.682. The van der Waals surface area contributed by atoms with Gasteiger partial charge in [-0.1, -0.05) is 6.92 Å². The first-order valence-corrected chi connectivity index (χ1v) is 5.77. The van der Waals surface area contributed by atoms with E-state index in [2.05, 4.69) is 9.97 Å². The normalized spacial score (nSPS) is 10.5. The molecule has 0 saturated carbocycles. The van der Waals surface area contributed by atoms with Crippen molar-refractivity contribution in [2.75, 3.05) is 0 Å². The van der Waals surface area contributed by atoms with E-state index in [0.717, 1.165) is 23.4 Å². The molecule has 0 radical (unpaired) electrons. The predicted molar refractivity (Wildman–Crippen MR) is 66.8 cm³/mol. The van der Waals surface area contributed by atoms with E-state index >= 15 is 0 Å². The Kier molecular flexibility index (Phi) is 3.32. The van der Waals surface area contributed by atoms with Crippen molar-refractivity contribution in [1.82, 2.24) is 14.5 Å². The third-order valence-electron chi connectivity index (χ3n) is 2.79. The largest absolute Gasteiger partial charge is 0.312 e. The van der Waals surface area contributed by atoms with Crippen LogP contribution in [0, 0.1) is 0 Å². The second-order valence-corrected chi connectivity index (χ2v) is 3.72. The molecular formula is C13H15N3O. The van der Waals surface area contributed by atoms with Gasteiger partial charge in [-0.05, 0) is 19.4 Å². The van der Waals surface area contributed by atoms with Crippen LogP contribution in [0.5, 0.6) is 0 Å². The summed E-state index contributed by atoms with van der Waals surface area (Å²) < 4.78 is 1.78. The number of nitrogens with zero attached hydrogens (tertiary/aromatic N) is 3. The maximum absolute atomic E-state index is 11.7. The summed E-state index contributed by atoms with van der Waals surface area (Å²) in [5, 5.41) is 0. The second-order valence-electron chi connectivity index (χ2n) is 3.72. The fourth-order valence-corrected chi connectivity index (χ4v) is 2.02. The molecule has 0 amide bonds. The van der Waals surface area contributed by atoms with Gasteiger partial charge in [0.2, 0.25) is 0 Å². The zero-order chi connectivity index (χ0) is 12.3. The van der Waals surface area contributed by atoms with Gasteiger partial charge in [-0.2, -0.15) is 0 Å². The number of rotatable bonds is 3. The quantitative estimate of drug-likeness (QED) is 0.807. The summed E-state index contributed by atoms with van der Waals surface area (Å²) in [7, 11) is 0. The van der Waals surface area contributed by atoms with Crippen LogP contribution in [0.15, 0.2) is 35.5 Å². The first kappa shape index (κ1) is 11.5. The second kappa shape index (κ2) is 4.91. The first-order valence-electron chi connectivity index (χ1n) is 5.77. The molecule has 0 unspecified atom stereocenters. The monoisotopic (exact) mass is 229 g/mol. The minimum Gasteiger partial charge on any atom is -0.312 e. The fourth-order valence-electron chi connectivity index (χ4n) is 2.02. The van der Waals surface area contributed by atoms with Crippen LogP contribution in [0.4, 0.5) is 0 Å². The Hall–Kier alpha value is -1.97. The van der Waals surface area contributed by atoms with E-state index in [0.29, 0.717) is 6.54 Å². The average molecular weight is 229 g/mol. The minimum atomic E-state index is 0.0389. The van der Waals surface area contributed by atoms with E-state index in [1.807, 2.05) is 19.9 Å². The SMILES string of the molecule is CCc1c(-c2cnccn2)ccc(=O)n1CC. The number of hydrogen-bond donors (Lipinski definition) is 0. The Morgan fingerprint density at radius 1 is 1.24 bits per heavy atom. The molecule has 0 bridgehead atoms. The van der Waals surface area contributed by atoms with Crippen LogP contribution < -0.4 is 5.56 Å². The molecule has 17 heavy (non-hydrogen) atoms. The highest BCUT2D eigenvalue weighted by molar-refractivity contribution is 5.60. The molecule has 0 aliphatic carbocycles. The molecule has 0 spiro atoms. The molecule has 0 atom stereocenters. The lowest BCUT2D eigenvalue weighted by Crippen LogP contribution is -2.22. The summed E-state index contributed by atoms with van der Waals surface area (Å²) in [6.07, 6.45) is 5.83. The number of aromatic nitrogens is 3. The maximum atomic E-state index is 11.7. The van der Waals surface area contributed by atoms with E-state index in [4.69, 9.17) is 0 Å². The van der Waals surface area contributed by atoms with Gasteiger partial charge < -0.3 is 4.57 Å². The van der Waals surface area contributed by atoms with Gasteiger partial charge in [-0.25, -0.2) is 0 Å². The van der Waals surface area contributed by atoms with E-state index in [1.54, 1.807) is 29.2 Å². The Morgan fingerprint density at radius 3 is 2.65 bits per heavy atom. The molecule has 2 heterocycles. The van der Waals surface area contributed by atoms with Crippen LogP contribution in [0.25, 0.3) is 11.3 Å². The Morgan fingerprint density at radius 2 is 2.06 bits per heavy atom. The van der Waals surface area contributed by atoms with Gasteiger partial charge in [0, 0.05) is 36.3 Å². The van der Waals surface area contributed by atoms with Crippen LogP contribution in [-0.4, -0.2) is 14.5 Å². The molecule has 0 aliphatic rings. The molecule has 4 nitrogen and oxygen atoms in total. The lowest BCUT2D eigenvalue weighted by Gasteiger charge is -2.13. The third kappa shape index (κ3) is 2.11. The molecule has 0 fully saturated rings. The molecule has 2 aromatic rings. The van der Waals surface area contributed by atoms with Crippen LogP contribution in [0.2, 0.25) is 0 Å². The van der Waals surface area contributed by atoms with Crippen molar-refractivity contribution < 1.29 is 0 Å². The summed E-state index contributed by atoms with van der Waals surface area (Å²) in [5.74, 6) is 0. The standard InChI is InChI=1S/C13H15N3O/c1-3-12-10(11-9-14-7-8-15-11)5-6-13(17)16(12)4-2/h5-9H,3-4H2,1-2H3. The van der Waals surface area contributed by atoms with Crippen molar-refractivity contribution in [3.63, 3.8) is 0 Å². The molecule has 2 aromatic heterocycles. The first-order chi connectivity index (χ1) is 8.27. The van der Waals surface area contributed by atoms with E-state index in [-0.39, 0.29) is 5.56 Å². The Bertz CT molecular complexity index is 561. The Balaban J connectivity index is 2.67. The molecule has 0 saturated heterocycles. The smallest absolute Gasteiger partial charge is 0.250 e. The molecule has 4 heteroatoms. The maximum Gasteiger partial charge on any atom is 0.250 e. The van der Waals surface area contributed by atoms with Crippen LogP contribution >= 0.6 is 0 Å². The summed E-state index contributed by atoms with van der Waals surface area (Å²) in [5.41, 5.74) is 2.85. The third-order valence-corrected chi connectivity index (χ3v) is 2.79. The van der Waals surface area contributed by atoms with Crippen molar-refractivity contribution in [3.05, 3.63) is 46.8 Å². The molecular weight excluding hydrogens is 214 g/mol. The van der Waals surface area contributed by atoms with Gasteiger partial charge >= 0.3 is 0 Å². The highest BCUT2D eigenvalue weighted by Gasteiger charge is 2.09.